The van der Waals surface area contributed by atoms with E-state index in [2.05, 4.69) is 15.6 Å². The van der Waals surface area contributed by atoms with Crippen LogP contribution >= 0.6 is 11.3 Å². The summed E-state index contributed by atoms with van der Waals surface area (Å²) in [7, 11) is 0. The molecule has 1 unspecified atom stereocenters. The zero-order valence-corrected chi connectivity index (χ0v) is 15.6. The minimum atomic E-state index is -0.851. The van der Waals surface area contributed by atoms with Crippen molar-refractivity contribution in [3.05, 3.63) is 75.7 Å². The van der Waals surface area contributed by atoms with Crippen LogP contribution in [0.1, 0.15) is 17.3 Å². The van der Waals surface area contributed by atoms with Crippen molar-refractivity contribution >= 4 is 34.0 Å². The zero-order valence-electron chi connectivity index (χ0n) is 14.8. The summed E-state index contributed by atoms with van der Waals surface area (Å²) in [6, 6.07) is 14.0. The Kier molecular flexibility index (Phi) is 5.75. The summed E-state index contributed by atoms with van der Waals surface area (Å²) in [5.74, 6) is -1.01. The molecular weight excluding hydrogens is 380 g/mol. The van der Waals surface area contributed by atoms with Crippen LogP contribution < -0.4 is 10.6 Å². The van der Waals surface area contributed by atoms with Crippen molar-refractivity contribution in [3.8, 4) is 11.3 Å². The fourth-order valence-electron chi connectivity index (χ4n) is 2.39. The van der Waals surface area contributed by atoms with E-state index in [0.717, 1.165) is 17.3 Å². The summed E-state index contributed by atoms with van der Waals surface area (Å²) in [6.45, 7) is 1.52. The first-order valence-corrected chi connectivity index (χ1v) is 9.19. The van der Waals surface area contributed by atoms with Crippen LogP contribution in [0.2, 0.25) is 0 Å². The number of carbonyl (C=O) groups excluding carboxylic acids is 2. The monoisotopic (exact) mass is 396 g/mol. The second-order valence-corrected chi connectivity index (χ2v) is 6.75. The molecule has 2 aromatic carbocycles. The molecule has 0 radical (unpaired) electrons. The first-order valence-electron chi connectivity index (χ1n) is 8.31. The molecule has 0 bridgehead atoms. The first-order chi connectivity index (χ1) is 13.4. The number of non-ortho nitro benzene ring substituents is 1. The summed E-state index contributed by atoms with van der Waals surface area (Å²) in [6.07, 6.45) is 0. The van der Waals surface area contributed by atoms with Gasteiger partial charge in [0, 0.05) is 28.6 Å². The predicted molar refractivity (Wildman–Crippen MR) is 106 cm³/mol. The number of nitro groups is 1. The Bertz CT molecular complexity index is 1020. The second kappa shape index (κ2) is 8.40. The highest BCUT2D eigenvalue weighted by molar-refractivity contribution is 7.14. The van der Waals surface area contributed by atoms with E-state index in [1.54, 1.807) is 0 Å². The predicted octanol–water partition coefficient (Wildman–Crippen LogP) is 3.48. The number of nitrogens with one attached hydrogen (secondary N) is 2. The number of amides is 2. The summed E-state index contributed by atoms with van der Waals surface area (Å²) < 4.78 is 0. The van der Waals surface area contributed by atoms with Crippen LogP contribution in [0.4, 0.5) is 10.8 Å². The van der Waals surface area contributed by atoms with Gasteiger partial charge >= 0.3 is 0 Å². The average molecular weight is 396 g/mol. The maximum Gasteiger partial charge on any atom is 0.270 e. The van der Waals surface area contributed by atoms with Gasteiger partial charge in [0.1, 0.15) is 6.04 Å². The molecule has 28 heavy (non-hydrogen) atoms. The number of anilines is 1. The van der Waals surface area contributed by atoms with E-state index < -0.39 is 22.8 Å². The van der Waals surface area contributed by atoms with Gasteiger partial charge in [-0.05, 0) is 13.0 Å². The number of thiazole rings is 1. The number of rotatable bonds is 6. The minimum Gasteiger partial charge on any atom is -0.341 e. The molecule has 3 rings (SSSR count). The lowest BCUT2D eigenvalue weighted by Gasteiger charge is -2.13. The molecule has 3 aromatic rings. The van der Waals surface area contributed by atoms with E-state index in [1.165, 1.54) is 36.5 Å². The quantitative estimate of drug-likeness (QED) is 0.489. The summed E-state index contributed by atoms with van der Waals surface area (Å²) in [5.41, 5.74) is 1.59. The van der Waals surface area contributed by atoms with E-state index in [1.807, 2.05) is 35.7 Å². The van der Waals surface area contributed by atoms with Gasteiger partial charge in [0.15, 0.2) is 5.13 Å². The van der Waals surface area contributed by atoms with Crippen molar-refractivity contribution in [2.24, 2.45) is 0 Å². The van der Waals surface area contributed by atoms with E-state index in [9.17, 15) is 19.7 Å². The van der Waals surface area contributed by atoms with Crippen molar-refractivity contribution in [1.82, 2.24) is 10.3 Å². The molecule has 1 heterocycles. The third-order valence-electron chi connectivity index (χ3n) is 3.86. The lowest BCUT2D eigenvalue weighted by molar-refractivity contribution is -0.384. The van der Waals surface area contributed by atoms with Crippen LogP contribution in [0.5, 0.6) is 0 Å². The fourth-order valence-corrected chi connectivity index (χ4v) is 3.12. The Morgan fingerprint density at radius 1 is 1.14 bits per heavy atom. The molecule has 2 amide bonds. The van der Waals surface area contributed by atoms with Crippen LogP contribution in [0, 0.1) is 10.1 Å². The first kappa shape index (κ1) is 19.2. The van der Waals surface area contributed by atoms with E-state index in [4.69, 9.17) is 0 Å². The Morgan fingerprint density at radius 2 is 1.89 bits per heavy atom. The number of nitro benzene ring substituents is 1. The number of nitrogens with zero attached hydrogens (tertiary/aromatic N) is 2. The largest absolute Gasteiger partial charge is 0.341 e. The molecular formula is C19H16N4O4S. The molecule has 0 aliphatic heterocycles. The van der Waals surface area contributed by atoms with Gasteiger partial charge in [-0.2, -0.15) is 0 Å². The summed E-state index contributed by atoms with van der Waals surface area (Å²) >= 11 is 1.28. The average Bonchev–Trinajstić information content (AvgIpc) is 3.17. The lowest BCUT2D eigenvalue weighted by Crippen LogP contribution is -2.41. The SMILES string of the molecule is CC(NC(=O)c1cccc([N+](=O)[O-])c1)C(=O)Nc1nc(-c2ccccc2)cs1. The molecule has 0 aliphatic carbocycles. The number of aromatic nitrogens is 1. The molecule has 2 N–H and O–H groups in total. The van der Waals surface area contributed by atoms with Crippen molar-refractivity contribution in [2.45, 2.75) is 13.0 Å². The normalized spacial score (nSPS) is 11.5. The van der Waals surface area contributed by atoms with Gasteiger partial charge in [-0.25, -0.2) is 4.98 Å². The number of hydrogen-bond acceptors (Lipinski definition) is 6. The van der Waals surface area contributed by atoms with Crippen molar-refractivity contribution in [3.63, 3.8) is 0 Å². The van der Waals surface area contributed by atoms with Gasteiger partial charge in [-0.1, -0.05) is 36.4 Å². The van der Waals surface area contributed by atoms with Gasteiger partial charge in [0.2, 0.25) is 5.91 Å². The van der Waals surface area contributed by atoms with Gasteiger partial charge in [0.05, 0.1) is 10.6 Å². The van der Waals surface area contributed by atoms with Crippen LogP contribution in [-0.4, -0.2) is 27.8 Å². The number of benzene rings is 2. The fraction of sp³-hybridized carbons (Fsp3) is 0.105. The Labute approximate surface area is 164 Å². The van der Waals surface area contributed by atoms with E-state index >= 15 is 0 Å². The van der Waals surface area contributed by atoms with Gasteiger partial charge in [-0.15, -0.1) is 11.3 Å². The Hall–Kier alpha value is -3.59. The summed E-state index contributed by atoms with van der Waals surface area (Å²) in [4.78, 5) is 39.2. The maximum atomic E-state index is 12.3. The molecule has 142 valence electrons. The highest BCUT2D eigenvalue weighted by Crippen LogP contribution is 2.24. The molecule has 9 heteroatoms. The van der Waals surface area contributed by atoms with Gasteiger partial charge < -0.3 is 10.6 Å². The van der Waals surface area contributed by atoms with Crippen LogP contribution in [0.15, 0.2) is 60.0 Å². The molecule has 0 saturated carbocycles. The van der Waals surface area contributed by atoms with Gasteiger partial charge in [0.25, 0.3) is 11.6 Å². The number of carbonyl (C=O) groups is 2. The van der Waals surface area contributed by atoms with Crippen molar-refractivity contribution < 1.29 is 14.5 Å². The van der Waals surface area contributed by atoms with Gasteiger partial charge in [-0.3, -0.25) is 19.7 Å². The van der Waals surface area contributed by atoms with Crippen LogP contribution in [0.3, 0.4) is 0 Å². The highest BCUT2D eigenvalue weighted by atomic mass is 32.1. The van der Waals surface area contributed by atoms with Crippen molar-refractivity contribution in [1.29, 1.82) is 0 Å². The Morgan fingerprint density at radius 3 is 2.61 bits per heavy atom. The van der Waals surface area contributed by atoms with E-state index in [-0.39, 0.29) is 11.3 Å². The summed E-state index contributed by atoms with van der Waals surface area (Å²) in [5, 5.41) is 18.3. The lowest BCUT2D eigenvalue weighted by atomic mass is 10.1. The molecule has 1 aromatic heterocycles. The second-order valence-electron chi connectivity index (χ2n) is 5.90. The zero-order chi connectivity index (χ0) is 20.1. The molecule has 0 saturated heterocycles. The Balaban J connectivity index is 1.62. The molecule has 0 spiro atoms. The topological polar surface area (TPSA) is 114 Å². The van der Waals surface area contributed by atoms with Crippen LogP contribution in [0.25, 0.3) is 11.3 Å². The highest BCUT2D eigenvalue weighted by Gasteiger charge is 2.19. The standard InChI is InChI=1S/C19H16N4O4S/c1-12(20-18(25)14-8-5-9-15(10-14)23(26)27)17(24)22-19-21-16(11-28-19)13-6-3-2-4-7-13/h2-12H,1H3,(H,20,25)(H,21,22,24). The smallest absolute Gasteiger partial charge is 0.270 e. The molecule has 1 atom stereocenters. The third-order valence-corrected chi connectivity index (χ3v) is 4.62. The van der Waals surface area contributed by atoms with Crippen LogP contribution in [-0.2, 0) is 4.79 Å². The molecule has 8 nitrogen and oxygen atoms in total. The maximum absolute atomic E-state index is 12.3. The molecule has 0 aliphatic rings. The molecule has 0 fully saturated rings. The van der Waals surface area contributed by atoms with E-state index in [0.29, 0.717) is 5.13 Å². The minimum absolute atomic E-state index is 0.106. The van der Waals surface area contributed by atoms with Crippen molar-refractivity contribution in [2.75, 3.05) is 5.32 Å². The third kappa shape index (κ3) is 4.57. The number of hydrogen-bond donors (Lipinski definition) is 2.